The van der Waals surface area contributed by atoms with Gasteiger partial charge in [0.2, 0.25) is 0 Å². The van der Waals surface area contributed by atoms with Gasteiger partial charge in [-0.2, -0.15) is 0 Å². The molecule has 0 saturated heterocycles. The molecule has 1 aromatic rings. The number of aliphatic carboxylic acids is 1. The Kier molecular flexibility index (Phi) is 1.77. The van der Waals surface area contributed by atoms with Crippen LogP contribution in [0, 0.1) is 0 Å². The molecule has 2 aliphatic heterocycles. The number of hydrogen-bond donors (Lipinski definition) is 2. The van der Waals surface area contributed by atoms with Gasteiger partial charge in [0.05, 0.1) is 23.6 Å². The lowest BCUT2D eigenvalue weighted by Gasteiger charge is -2.27. The Morgan fingerprint density at radius 2 is 2.19 bits per heavy atom. The topological polar surface area (TPSA) is 52.6 Å². The highest BCUT2D eigenvalue weighted by molar-refractivity contribution is 6.19. The maximum atomic E-state index is 11.2. The van der Waals surface area contributed by atoms with E-state index < -0.39 is 5.97 Å². The predicted molar refractivity (Wildman–Crippen MR) is 60.6 cm³/mol. The quantitative estimate of drug-likeness (QED) is 0.741. The summed E-state index contributed by atoms with van der Waals surface area (Å²) in [5, 5.41) is 12.3. The molecule has 2 N–H and O–H groups in total. The molecule has 0 radical (unpaired) electrons. The van der Waals surface area contributed by atoms with Crippen LogP contribution < -0.4 is 10.2 Å². The van der Waals surface area contributed by atoms with Gasteiger partial charge in [-0.25, -0.2) is 4.79 Å². The maximum Gasteiger partial charge on any atom is 0.336 e. The number of rotatable bonds is 1. The van der Waals surface area contributed by atoms with Crippen molar-refractivity contribution >= 4 is 17.2 Å². The third-order valence-electron chi connectivity index (χ3n) is 2.82. The van der Waals surface area contributed by atoms with Crippen LogP contribution in [-0.4, -0.2) is 17.7 Å². The van der Waals surface area contributed by atoms with Gasteiger partial charge in [0.25, 0.3) is 0 Å². The van der Waals surface area contributed by atoms with E-state index in [0.29, 0.717) is 12.2 Å². The standard InChI is InChI=1S/C12H10N2O2/c15-12(16)10-5-8-6-13-7-14(8)11-4-2-1-3-9(10)11/h1-6,13H,7H2,(H,15,16). The van der Waals surface area contributed by atoms with Crippen LogP contribution in [0.25, 0.3) is 5.57 Å². The Balaban J connectivity index is 2.24. The molecule has 0 bridgehead atoms. The SMILES string of the molecule is O=C(O)C1=CC2=CNCN2c2ccccc21. The van der Waals surface area contributed by atoms with E-state index in [1.54, 1.807) is 6.08 Å². The fraction of sp³-hybridized carbons (Fsp3) is 0.0833. The summed E-state index contributed by atoms with van der Waals surface area (Å²) in [6, 6.07) is 7.55. The lowest BCUT2D eigenvalue weighted by molar-refractivity contribution is -0.130. The Morgan fingerprint density at radius 3 is 3.00 bits per heavy atom. The van der Waals surface area contributed by atoms with Crippen LogP contribution in [0.2, 0.25) is 0 Å². The van der Waals surface area contributed by atoms with Crippen molar-refractivity contribution in [2.75, 3.05) is 11.6 Å². The highest BCUT2D eigenvalue weighted by Gasteiger charge is 2.27. The lowest BCUT2D eigenvalue weighted by atomic mass is 9.98. The highest BCUT2D eigenvalue weighted by atomic mass is 16.4. The van der Waals surface area contributed by atoms with Crippen molar-refractivity contribution in [1.82, 2.24) is 5.32 Å². The molecule has 2 aliphatic rings. The number of fused-ring (bicyclic) bond motifs is 3. The molecule has 4 heteroatoms. The fourth-order valence-electron chi connectivity index (χ4n) is 2.09. The molecule has 1 aromatic carbocycles. The fourth-order valence-corrected chi connectivity index (χ4v) is 2.09. The monoisotopic (exact) mass is 214 g/mol. The maximum absolute atomic E-state index is 11.2. The zero-order valence-corrected chi connectivity index (χ0v) is 8.47. The molecule has 16 heavy (non-hydrogen) atoms. The first-order chi connectivity index (χ1) is 7.77. The van der Waals surface area contributed by atoms with E-state index >= 15 is 0 Å². The number of nitrogens with one attached hydrogen (secondary N) is 1. The number of carbonyl (C=O) groups is 1. The van der Waals surface area contributed by atoms with Crippen LogP contribution in [0.5, 0.6) is 0 Å². The van der Waals surface area contributed by atoms with Crippen LogP contribution in [0.3, 0.4) is 0 Å². The minimum Gasteiger partial charge on any atom is -0.478 e. The molecule has 0 spiro atoms. The van der Waals surface area contributed by atoms with Gasteiger partial charge in [-0.1, -0.05) is 18.2 Å². The van der Waals surface area contributed by atoms with Crippen molar-refractivity contribution in [1.29, 1.82) is 0 Å². The molecule has 0 aromatic heterocycles. The van der Waals surface area contributed by atoms with Crippen LogP contribution in [0.4, 0.5) is 5.69 Å². The number of hydrogen-bond acceptors (Lipinski definition) is 3. The molecular weight excluding hydrogens is 204 g/mol. The smallest absolute Gasteiger partial charge is 0.336 e. The Labute approximate surface area is 92.5 Å². The molecule has 80 valence electrons. The summed E-state index contributed by atoms with van der Waals surface area (Å²) < 4.78 is 0. The minimum atomic E-state index is -0.889. The molecule has 0 saturated carbocycles. The van der Waals surface area contributed by atoms with E-state index in [9.17, 15) is 9.90 Å². The van der Waals surface area contributed by atoms with Gasteiger partial charge in [-0.05, 0) is 12.1 Å². The van der Waals surface area contributed by atoms with Crippen LogP contribution in [0.1, 0.15) is 5.56 Å². The summed E-state index contributed by atoms with van der Waals surface area (Å²) in [5.74, 6) is -0.889. The average Bonchev–Trinajstić information content (AvgIpc) is 2.75. The van der Waals surface area contributed by atoms with Gasteiger partial charge in [0.15, 0.2) is 0 Å². The molecule has 0 fully saturated rings. The van der Waals surface area contributed by atoms with E-state index in [1.807, 2.05) is 30.5 Å². The number of carboxylic acid groups (broad SMARTS) is 1. The van der Waals surface area contributed by atoms with Gasteiger partial charge >= 0.3 is 5.97 Å². The van der Waals surface area contributed by atoms with Crippen molar-refractivity contribution < 1.29 is 9.90 Å². The molecule has 0 aliphatic carbocycles. The second kappa shape index (κ2) is 3.13. The van der Waals surface area contributed by atoms with Gasteiger partial charge in [-0.3, -0.25) is 0 Å². The van der Waals surface area contributed by atoms with E-state index in [0.717, 1.165) is 16.9 Å². The van der Waals surface area contributed by atoms with Gasteiger partial charge in [-0.15, -0.1) is 0 Å². The molecule has 0 atom stereocenters. The van der Waals surface area contributed by atoms with Crippen molar-refractivity contribution in [2.24, 2.45) is 0 Å². The Morgan fingerprint density at radius 1 is 1.38 bits per heavy atom. The minimum absolute atomic E-state index is 0.349. The van der Waals surface area contributed by atoms with Crippen LogP contribution in [0.15, 0.2) is 42.2 Å². The van der Waals surface area contributed by atoms with E-state index in [1.165, 1.54) is 0 Å². The summed E-state index contributed by atoms with van der Waals surface area (Å²) in [6.45, 7) is 0.690. The van der Waals surface area contributed by atoms with Crippen molar-refractivity contribution in [3.63, 3.8) is 0 Å². The summed E-state index contributed by atoms with van der Waals surface area (Å²) >= 11 is 0. The number of nitrogens with zero attached hydrogens (tertiary/aromatic N) is 1. The zero-order valence-electron chi connectivity index (χ0n) is 8.47. The highest BCUT2D eigenvalue weighted by Crippen LogP contribution is 2.36. The molecule has 4 nitrogen and oxygen atoms in total. The summed E-state index contributed by atoms with van der Waals surface area (Å²) in [4.78, 5) is 13.2. The van der Waals surface area contributed by atoms with Gasteiger partial charge < -0.3 is 15.3 Å². The molecule has 0 amide bonds. The second-order valence-corrected chi connectivity index (χ2v) is 3.74. The summed E-state index contributed by atoms with van der Waals surface area (Å²) in [6.07, 6.45) is 3.53. The third kappa shape index (κ3) is 1.13. The molecule has 0 unspecified atom stereocenters. The molecule has 2 heterocycles. The zero-order chi connectivity index (χ0) is 11.1. The van der Waals surface area contributed by atoms with Gasteiger partial charge in [0, 0.05) is 11.8 Å². The number of benzene rings is 1. The lowest BCUT2D eigenvalue weighted by Crippen LogP contribution is -2.26. The summed E-state index contributed by atoms with van der Waals surface area (Å²) in [7, 11) is 0. The third-order valence-corrected chi connectivity index (χ3v) is 2.82. The van der Waals surface area contributed by atoms with E-state index in [2.05, 4.69) is 10.2 Å². The predicted octanol–water partition coefficient (Wildman–Crippen LogP) is 1.38. The van der Waals surface area contributed by atoms with Crippen molar-refractivity contribution in [2.45, 2.75) is 0 Å². The first kappa shape index (κ1) is 9.03. The van der Waals surface area contributed by atoms with Crippen LogP contribution >= 0.6 is 0 Å². The largest absolute Gasteiger partial charge is 0.478 e. The first-order valence-electron chi connectivity index (χ1n) is 5.03. The molecule has 3 rings (SSSR count). The van der Waals surface area contributed by atoms with E-state index in [-0.39, 0.29) is 0 Å². The average molecular weight is 214 g/mol. The van der Waals surface area contributed by atoms with Crippen molar-refractivity contribution in [3.05, 3.63) is 47.8 Å². The number of anilines is 1. The van der Waals surface area contributed by atoms with E-state index in [4.69, 9.17) is 0 Å². The van der Waals surface area contributed by atoms with Crippen molar-refractivity contribution in [3.8, 4) is 0 Å². The normalized spacial score (nSPS) is 16.9. The number of carboxylic acids is 1. The van der Waals surface area contributed by atoms with Gasteiger partial charge in [0.1, 0.15) is 0 Å². The Bertz CT molecular complexity index is 532. The first-order valence-corrected chi connectivity index (χ1v) is 5.03. The number of para-hydroxylation sites is 1. The van der Waals surface area contributed by atoms with Crippen LogP contribution in [-0.2, 0) is 4.79 Å². The number of allylic oxidation sites excluding steroid dienone is 1. The Hall–Kier alpha value is -2.23. The second-order valence-electron chi connectivity index (χ2n) is 3.74. The molecular formula is C12H10N2O2. The summed E-state index contributed by atoms with van der Waals surface area (Å²) in [5.41, 5.74) is 2.97.